The van der Waals surface area contributed by atoms with E-state index in [4.69, 9.17) is 9.47 Å². The molecule has 1 amide bonds. The van der Waals surface area contributed by atoms with Crippen molar-refractivity contribution in [2.24, 2.45) is 5.92 Å². The summed E-state index contributed by atoms with van der Waals surface area (Å²) in [4.78, 5) is 15.1. The Morgan fingerprint density at radius 1 is 1.17 bits per heavy atom. The smallest absolute Gasteiger partial charge is 0.253 e. The van der Waals surface area contributed by atoms with Crippen molar-refractivity contribution in [3.8, 4) is 11.5 Å². The summed E-state index contributed by atoms with van der Waals surface area (Å²) >= 11 is 0. The maximum absolute atomic E-state index is 13.3. The Labute approximate surface area is 207 Å². The van der Waals surface area contributed by atoms with Crippen LogP contribution in [0.2, 0.25) is 0 Å². The first kappa shape index (κ1) is 23.9. The van der Waals surface area contributed by atoms with Crippen molar-refractivity contribution in [3.05, 3.63) is 53.1 Å². The zero-order chi connectivity index (χ0) is 25.0. The molecule has 1 N–H and O–H groups in total. The number of anilines is 1. The molecule has 1 saturated heterocycles. The molecule has 0 spiro atoms. The molecule has 3 heterocycles. The quantitative estimate of drug-likeness (QED) is 0.695. The van der Waals surface area contributed by atoms with Crippen LogP contribution >= 0.6 is 0 Å². The summed E-state index contributed by atoms with van der Waals surface area (Å²) in [7, 11) is -1.58. The first-order chi connectivity index (χ1) is 16.7. The highest BCUT2D eigenvalue weighted by atomic mass is 32.2. The van der Waals surface area contributed by atoms with Crippen LogP contribution < -0.4 is 14.8 Å². The number of methoxy groups -OCH3 is 1. The van der Waals surface area contributed by atoms with Gasteiger partial charge in [-0.05, 0) is 36.8 Å². The van der Waals surface area contributed by atoms with Gasteiger partial charge in [0.05, 0.1) is 25.5 Å². The van der Waals surface area contributed by atoms with Gasteiger partial charge in [-0.15, -0.1) is 0 Å². The molecule has 35 heavy (non-hydrogen) atoms. The second kappa shape index (κ2) is 8.71. The number of carbonyl (C=O) groups excluding carboxylic acids is 1. The molecule has 5 rings (SSSR count). The average Bonchev–Trinajstić information content (AvgIpc) is 2.87. The minimum Gasteiger partial charge on any atom is -0.493 e. The number of rotatable bonds is 4. The second-order valence-electron chi connectivity index (χ2n) is 9.99. The van der Waals surface area contributed by atoms with Gasteiger partial charge >= 0.3 is 0 Å². The number of sulfonamides is 1. The molecule has 0 saturated carbocycles. The molecule has 3 aliphatic rings. The lowest BCUT2D eigenvalue weighted by Gasteiger charge is -2.48. The Hall–Kier alpha value is -2.78. The zero-order valence-electron chi connectivity index (χ0n) is 20.7. The molecule has 3 aliphatic heterocycles. The first-order valence-electron chi connectivity index (χ1n) is 12.1. The van der Waals surface area contributed by atoms with Crippen LogP contribution in [0.15, 0.2) is 36.4 Å². The van der Waals surface area contributed by atoms with E-state index in [2.05, 4.69) is 25.2 Å². The number of fused-ring (bicyclic) bond motifs is 4. The van der Waals surface area contributed by atoms with Crippen LogP contribution in [-0.2, 0) is 15.4 Å². The van der Waals surface area contributed by atoms with E-state index in [0.717, 1.165) is 28.3 Å². The van der Waals surface area contributed by atoms with Crippen LogP contribution in [0.5, 0.6) is 11.5 Å². The van der Waals surface area contributed by atoms with Crippen molar-refractivity contribution in [2.75, 3.05) is 51.0 Å². The molecule has 0 aromatic heterocycles. The summed E-state index contributed by atoms with van der Waals surface area (Å²) in [6, 6.07) is 11.9. The van der Waals surface area contributed by atoms with Crippen LogP contribution in [0.25, 0.3) is 0 Å². The maximum Gasteiger partial charge on any atom is 0.253 e. The van der Waals surface area contributed by atoms with E-state index in [9.17, 15) is 13.2 Å². The highest BCUT2D eigenvalue weighted by Crippen LogP contribution is 2.53. The van der Waals surface area contributed by atoms with Crippen LogP contribution in [0.1, 0.15) is 48.3 Å². The van der Waals surface area contributed by atoms with Crippen LogP contribution in [0.3, 0.4) is 0 Å². The number of nitrogens with zero attached hydrogens (tertiary/aromatic N) is 2. The maximum atomic E-state index is 13.3. The van der Waals surface area contributed by atoms with E-state index >= 15 is 0 Å². The van der Waals surface area contributed by atoms with E-state index in [1.165, 1.54) is 4.31 Å². The minimum absolute atomic E-state index is 0.0609. The van der Waals surface area contributed by atoms with Crippen LogP contribution in [0.4, 0.5) is 5.69 Å². The van der Waals surface area contributed by atoms with Gasteiger partial charge in [0.25, 0.3) is 5.91 Å². The number of piperazine rings is 1. The van der Waals surface area contributed by atoms with Gasteiger partial charge in [-0.2, -0.15) is 4.31 Å². The van der Waals surface area contributed by atoms with E-state index < -0.39 is 10.0 Å². The monoisotopic (exact) mass is 499 g/mol. The molecule has 2 aromatic rings. The van der Waals surface area contributed by atoms with Gasteiger partial charge in [-0.3, -0.25) is 4.79 Å². The standard InChI is InChI=1S/C26H33N3O5S/c1-5-35(31,32)29-13-11-28(12-14-29)25(30)17-9-10-21-19(15-17)26(2,3)20-16-34-24-18(23(20)27-21)7-6-8-22(24)33-4/h6-10,15,20,23,27H,5,11-14,16H2,1-4H3/t20-,23+/m0/s1. The number of nitrogens with one attached hydrogen (secondary N) is 1. The Balaban J connectivity index is 1.40. The summed E-state index contributed by atoms with van der Waals surface area (Å²) < 4.78 is 37.5. The fourth-order valence-electron chi connectivity index (χ4n) is 5.62. The molecule has 8 nitrogen and oxygen atoms in total. The molecule has 2 aromatic carbocycles. The van der Waals surface area contributed by atoms with Crippen molar-refractivity contribution < 1.29 is 22.7 Å². The van der Waals surface area contributed by atoms with Crippen molar-refractivity contribution in [2.45, 2.75) is 32.2 Å². The molecule has 9 heteroatoms. The highest BCUT2D eigenvalue weighted by Gasteiger charge is 2.47. The number of para-hydroxylation sites is 1. The summed E-state index contributed by atoms with van der Waals surface area (Å²) in [6.07, 6.45) is 0. The van der Waals surface area contributed by atoms with Gasteiger partial charge < -0.3 is 19.7 Å². The summed E-state index contributed by atoms with van der Waals surface area (Å²) in [6.45, 7) is 8.08. The normalized spacial score (nSPS) is 23.3. The Morgan fingerprint density at radius 2 is 1.91 bits per heavy atom. The number of amides is 1. The van der Waals surface area contributed by atoms with Crippen molar-refractivity contribution in [1.29, 1.82) is 0 Å². The van der Waals surface area contributed by atoms with E-state index in [0.29, 0.717) is 38.3 Å². The minimum atomic E-state index is -3.23. The van der Waals surface area contributed by atoms with Gasteiger partial charge in [0, 0.05) is 54.3 Å². The molecule has 0 bridgehead atoms. The Bertz CT molecular complexity index is 1250. The second-order valence-corrected chi connectivity index (χ2v) is 12.2. The van der Waals surface area contributed by atoms with Crippen LogP contribution in [-0.4, -0.2) is 69.2 Å². The third kappa shape index (κ3) is 3.94. The first-order valence-corrected chi connectivity index (χ1v) is 13.8. The number of hydrogen-bond acceptors (Lipinski definition) is 6. The lowest BCUT2D eigenvalue weighted by atomic mass is 9.65. The predicted molar refractivity (Wildman–Crippen MR) is 135 cm³/mol. The average molecular weight is 500 g/mol. The summed E-state index contributed by atoms with van der Waals surface area (Å²) in [5, 5.41) is 3.70. The molecule has 188 valence electrons. The third-order valence-electron chi connectivity index (χ3n) is 7.86. The lowest BCUT2D eigenvalue weighted by molar-refractivity contribution is 0.0697. The number of carbonyl (C=O) groups is 1. The fourth-order valence-corrected chi connectivity index (χ4v) is 6.71. The van der Waals surface area contributed by atoms with Gasteiger partial charge in [-0.1, -0.05) is 26.0 Å². The third-order valence-corrected chi connectivity index (χ3v) is 9.74. The SMILES string of the molecule is CCS(=O)(=O)N1CCN(C(=O)c2ccc3c(c2)C(C)(C)[C@H]2COc4c(OC)cccc4[C@H]2N3)CC1. The summed E-state index contributed by atoms with van der Waals surface area (Å²) in [5.74, 6) is 1.71. The zero-order valence-corrected chi connectivity index (χ0v) is 21.5. The molecule has 1 fully saturated rings. The van der Waals surface area contributed by atoms with Gasteiger partial charge in [0.15, 0.2) is 11.5 Å². The van der Waals surface area contributed by atoms with Crippen molar-refractivity contribution >= 4 is 21.6 Å². The molecule has 0 aliphatic carbocycles. The number of benzene rings is 2. The Morgan fingerprint density at radius 3 is 2.60 bits per heavy atom. The predicted octanol–water partition coefficient (Wildman–Crippen LogP) is 3.26. The number of ether oxygens (including phenoxy) is 2. The van der Waals surface area contributed by atoms with Crippen molar-refractivity contribution in [3.63, 3.8) is 0 Å². The largest absolute Gasteiger partial charge is 0.493 e. The van der Waals surface area contributed by atoms with E-state index in [-0.39, 0.29) is 29.0 Å². The topological polar surface area (TPSA) is 88.2 Å². The van der Waals surface area contributed by atoms with E-state index in [1.54, 1.807) is 18.9 Å². The van der Waals surface area contributed by atoms with E-state index in [1.807, 2.05) is 30.3 Å². The van der Waals surface area contributed by atoms with Gasteiger partial charge in [-0.25, -0.2) is 8.42 Å². The van der Waals surface area contributed by atoms with Crippen molar-refractivity contribution in [1.82, 2.24) is 9.21 Å². The fraction of sp³-hybridized carbons (Fsp3) is 0.500. The molecule has 2 atom stereocenters. The molecule has 0 radical (unpaired) electrons. The van der Waals surface area contributed by atoms with Gasteiger partial charge in [0.1, 0.15) is 0 Å². The lowest BCUT2D eigenvalue weighted by Crippen LogP contribution is -2.51. The molecule has 0 unspecified atom stereocenters. The van der Waals surface area contributed by atoms with Gasteiger partial charge in [0.2, 0.25) is 10.0 Å². The van der Waals surface area contributed by atoms with Crippen LogP contribution in [0, 0.1) is 5.92 Å². The summed E-state index contributed by atoms with van der Waals surface area (Å²) in [5.41, 5.74) is 3.58. The Kier molecular flexibility index (Phi) is 5.96. The number of hydrogen-bond donors (Lipinski definition) is 1. The molecular formula is C26H33N3O5S. The highest BCUT2D eigenvalue weighted by molar-refractivity contribution is 7.89. The molecular weight excluding hydrogens is 466 g/mol.